The molecule has 3 nitrogen and oxygen atoms in total. The fraction of sp³-hybridized carbons (Fsp3) is 0.0417. The van der Waals surface area contributed by atoms with Gasteiger partial charge in [0.15, 0.2) is 5.60 Å². The Bertz CT molecular complexity index is 1260. The monoisotopic (exact) mass is 350 g/mol. The molecule has 0 fully saturated rings. The van der Waals surface area contributed by atoms with Crippen molar-refractivity contribution in [2.45, 2.75) is 5.60 Å². The highest BCUT2D eigenvalue weighted by atomic mass is 16.6. The Hall–Kier alpha value is -3.59. The van der Waals surface area contributed by atoms with Crippen LogP contribution >= 0.6 is 0 Å². The lowest BCUT2D eigenvalue weighted by Gasteiger charge is -2.37. The summed E-state index contributed by atoms with van der Waals surface area (Å²) in [6, 6.07) is 27.6. The molecule has 2 aliphatic rings. The number of para-hydroxylation sites is 1. The molecule has 0 saturated carbocycles. The van der Waals surface area contributed by atoms with Crippen LogP contribution in [0.3, 0.4) is 0 Å². The highest BCUT2D eigenvalue weighted by molar-refractivity contribution is 5.98. The smallest absolute Gasteiger partial charge is 0.340 e. The van der Waals surface area contributed by atoms with Crippen molar-refractivity contribution in [1.82, 2.24) is 0 Å². The van der Waals surface area contributed by atoms with Crippen LogP contribution in [0.25, 0.3) is 10.8 Å². The minimum Gasteiger partial charge on any atom is -0.456 e. The van der Waals surface area contributed by atoms with E-state index in [0.29, 0.717) is 11.3 Å². The number of ether oxygens (including phenoxy) is 2. The van der Waals surface area contributed by atoms with Crippen molar-refractivity contribution >= 4 is 16.7 Å². The maximum Gasteiger partial charge on any atom is 0.340 e. The summed E-state index contributed by atoms with van der Waals surface area (Å²) in [4.78, 5) is 12.8. The number of benzene rings is 4. The SMILES string of the molecule is O=C1OC2(c3ccccc3Oc3c2ccc2ccccc32)c2ccccc21. The van der Waals surface area contributed by atoms with Gasteiger partial charge in [-0.25, -0.2) is 4.79 Å². The van der Waals surface area contributed by atoms with Gasteiger partial charge >= 0.3 is 5.97 Å². The summed E-state index contributed by atoms with van der Waals surface area (Å²) in [6.45, 7) is 0. The third-order valence-electron chi connectivity index (χ3n) is 5.51. The van der Waals surface area contributed by atoms with Crippen LogP contribution in [0.4, 0.5) is 0 Å². The molecule has 27 heavy (non-hydrogen) atoms. The van der Waals surface area contributed by atoms with Gasteiger partial charge in [-0.05, 0) is 23.6 Å². The number of rotatable bonds is 0. The molecular weight excluding hydrogens is 336 g/mol. The molecular formula is C24H14O3. The summed E-state index contributed by atoms with van der Waals surface area (Å²) < 4.78 is 12.5. The number of carbonyl (C=O) groups is 1. The molecule has 0 aromatic heterocycles. The normalized spacial score (nSPS) is 19.2. The maximum atomic E-state index is 12.8. The largest absolute Gasteiger partial charge is 0.456 e. The lowest BCUT2D eigenvalue weighted by Crippen LogP contribution is -2.33. The number of fused-ring (bicyclic) bond motifs is 8. The standard InChI is InChI=1S/C24H14O3/c25-23-17-9-3-4-10-18(17)24(27-23)19-11-5-6-12-21(19)26-22-16-8-2-1-7-15(16)13-14-20(22)24/h1-14H. The van der Waals surface area contributed by atoms with Crippen LogP contribution in [0.1, 0.15) is 27.0 Å². The molecule has 3 heteroatoms. The predicted octanol–water partition coefficient (Wildman–Crippen LogP) is 5.41. The first kappa shape index (κ1) is 14.6. The molecule has 0 N–H and O–H groups in total. The molecule has 4 aromatic carbocycles. The van der Waals surface area contributed by atoms with Crippen LogP contribution in [0, 0.1) is 0 Å². The number of carbonyl (C=O) groups excluding carboxylic acids is 1. The molecule has 128 valence electrons. The number of hydrogen-bond acceptors (Lipinski definition) is 3. The van der Waals surface area contributed by atoms with Gasteiger partial charge in [0.25, 0.3) is 0 Å². The second kappa shape index (κ2) is 4.98. The second-order valence-corrected chi connectivity index (χ2v) is 6.88. The lowest BCUT2D eigenvalue weighted by molar-refractivity contribution is 0.0225. The van der Waals surface area contributed by atoms with Crippen molar-refractivity contribution in [1.29, 1.82) is 0 Å². The van der Waals surface area contributed by atoms with E-state index >= 15 is 0 Å². The molecule has 2 heterocycles. The first-order valence-electron chi connectivity index (χ1n) is 8.91. The van der Waals surface area contributed by atoms with Gasteiger partial charge in [-0.2, -0.15) is 0 Å². The van der Waals surface area contributed by atoms with E-state index in [1.54, 1.807) is 0 Å². The molecule has 2 aliphatic heterocycles. The van der Waals surface area contributed by atoms with Crippen LogP contribution in [-0.4, -0.2) is 5.97 Å². The zero-order valence-corrected chi connectivity index (χ0v) is 14.3. The highest BCUT2D eigenvalue weighted by Crippen LogP contribution is 2.57. The molecule has 1 spiro atoms. The summed E-state index contributed by atoms with van der Waals surface area (Å²) in [5.74, 6) is 1.16. The third kappa shape index (κ3) is 1.73. The van der Waals surface area contributed by atoms with E-state index in [-0.39, 0.29) is 5.97 Å². The van der Waals surface area contributed by atoms with E-state index in [4.69, 9.17) is 9.47 Å². The van der Waals surface area contributed by atoms with Gasteiger partial charge in [-0.3, -0.25) is 0 Å². The van der Waals surface area contributed by atoms with Crippen LogP contribution in [-0.2, 0) is 10.3 Å². The summed E-state index contributed by atoms with van der Waals surface area (Å²) in [7, 11) is 0. The van der Waals surface area contributed by atoms with E-state index in [2.05, 4.69) is 12.1 Å². The molecule has 4 aromatic rings. The van der Waals surface area contributed by atoms with Crippen molar-refractivity contribution in [3.8, 4) is 11.5 Å². The Morgan fingerprint density at radius 2 is 1.41 bits per heavy atom. The fourth-order valence-corrected chi connectivity index (χ4v) is 4.35. The van der Waals surface area contributed by atoms with Crippen molar-refractivity contribution in [2.75, 3.05) is 0 Å². The quantitative estimate of drug-likeness (QED) is 0.398. The van der Waals surface area contributed by atoms with Crippen LogP contribution in [0.2, 0.25) is 0 Å². The lowest BCUT2D eigenvalue weighted by atomic mass is 9.77. The van der Waals surface area contributed by atoms with E-state index in [0.717, 1.165) is 33.2 Å². The summed E-state index contributed by atoms with van der Waals surface area (Å²) >= 11 is 0. The van der Waals surface area contributed by atoms with Crippen molar-refractivity contribution in [3.63, 3.8) is 0 Å². The van der Waals surface area contributed by atoms with Gasteiger partial charge in [-0.15, -0.1) is 0 Å². The van der Waals surface area contributed by atoms with Gasteiger partial charge in [0.2, 0.25) is 0 Å². The molecule has 0 saturated heterocycles. The Labute approximate surface area is 155 Å². The van der Waals surface area contributed by atoms with Gasteiger partial charge < -0.3 is 9.47 Å². The second-order valence-electron chi connectivity index (χ2n) is 6.88. The predicted molar refractivity (Wildman–Crippen MR) is 102 cm³/mol. The van der Waals surface area contributed by atoms with Crippen LogP contribution in [0.5, 0.6) is 11.5 Å². The third-order valence-corrected chi connectivity index (χ3v) is 5.51. The minimum absolute atomic E-state index is 0.304. The van der Waals surface area contributed by atoms with Gasteiger partial charge in [0.05, 0.1) is 5.56 Å². The van der Waals surface area contributed by atoms with E-state index < -0.39 is 5.60 Å². The first-order valence-corrected chi connectivity index (χ1v) is 8.91. The molecule has 0 aliphatic carbocycles. The Morgan fingerprint density at radius 3 is 2.33 bits per heavy atom. The molecule has 1 unspecified atom stereocenters. The summed E-state index contributed by atoms with van der Waals surface area (Å²) in [6.07, 6.45) is 0. The van der Waals surface area contributed by atoms with Crippen molar-refractivity contribution in [3.05, 3.63) is 107 Å². The van der Waals surface area contributed by atoms with E-state index in [1.165, 1.54) is 0 Å². The Balaban J connectivity index is 1.79. The van der Waals surface area contributed by atoms with Gasteiger partial charge in [0.1, 0.15) is 11.5 Å². The Kier molecular flexibility index (Phi) is 2.69. The first-order chi connectivity index (χ1) is 13.3. The zero-order chi connectivity index (χ0) is 18.0. The summed E-state index contributed by atoms with van der Waals surface area (Å²) in [5.41, 5.74) is 2.20. The van der Waals surface area contributed by atoms with Gasteiger partial charge in [0, 0.05) is 22.1 Å². The molecule has 0 radical (unpaired) electrons. The topological polar surface area (TPSA) is 35.5 Å². The molecule has 6 rings (SSSR count). The molecule has 0 amide bonds. The highest BCUT2D eigenvalue weighted by Gasteiger charge is 2.53. The van der Waals surface area contributed by atoms with Crippen molar-refractivity contribution < 1.29 is 14.3 Å². The average Bonchev–Trinajstić information content (AvgIpc) is 3.02. The van der Waals surface area contributed by atoms with Crippen LogP contribution < -0.4 is 4.74 Å². The van der Waals surface area contributed by atoms with Crippen molar-refractivity contribution in [2.24, 2.45) is 0 Å². The number of esters is 1. The summed E-state index contributed by atoms with van der Waals surface area (Å²) in [5, 5.41) is 2.09. The number of hydrogen-bond donors (Lipinski definition) is 0. The minimum atomic E-state index is -0.984. The Morgan fingerprint density at radius 1 is 0.667 bits per heavy atom. The zero-order valence-electron chi connectivity index (χ0n) is 14.3. The van der Waals surface area contributed by atoms with Gasteiger partial charge in [-0.1, -0.05) is 66.7 Å². The van der Waals surface area contributed by atoms with E-state index in [9.17, 15) is 4.79 Å². The molecule has 1 atom stereocenters. The fourth-order valence-electron chi connectivity index (χ4n) is 4.35. The average molecular weight is 350 g/mol. The van der Waals surface area contributed by atoms with E-state index in [1.807, 2.05) is 72.8 Å². The van der Waals surface area contributed by atoms with Crippen LogP contribution in [0.15, 0.2) is 84.9 Å². The molecule has 0 bridgehead atoms. The maximum absolute atomic E-state index is 12.8.